The van der Waals surface area contributed by atoms with E-state index in [4.69, 9.17) is 11.6 Å². The van der Waals surface area contributed by atoms with Crippen molar-refractivity contribution in [2.45, 2.75) is 6.54 Å². The van der Waals surface area contributed by atoms with E-state index >= 15 is 0 Å². The summed E-state index contributed by atoms with van der Waals surface area (Å²) in [6.45, 7) is 2.33. The molecular formula is C15H17ClN4O. The molecule has 1 amide bonds. The fraction of sp³-hybridized carbons (Fsp3) is 0.333. The Labute approximate surface area is 128 Å². The highest BCUT2D eigenvalue weighted by molar-refractivity contribution is 6.31. The molecule has 0 unspecified atom stereocenters. The monoisotopic (exact) mass is 304 g/mol. The molecule has 21 heavy (non-hydrogen) atoms. The Hall–Kier alpha value is -2.01. The Bertz CT molecular complexity index is 733. The van der Waals surface area contributed by atoms with E-state index in [9.17, 15) is 4.79 Å². The fourth-order valence-electron chi connectivity index (χ4n) is 2.53. The molecule has 1 N–H and O–H groups in total. The number of hydrogen-bond donors (Lipinski definition) is 1. The zero-order valence-electron chi connectivity index (χ0n) is 12.1. The van der Waals surface area contributed by atoms with Crippen LogP contribution in [0.1, 0.15) is 10.4 Å². The average Bonchev–Trinajstić information content (AvgIpc) is 3.06. The van der Waals surface area contributed by atoms with Crippen molar-refractivity contribution >= 4 is 34.2 Å². The lowest BCUT2D eigenvalue weighted by Crippen LogP contribution is -2.23. The van der Waals surface area contributed by atoms with Crippen LogP contribution in [0.25, 0.3) is 10.9 Å². The molecular weight excluding hydrogens is 288 g/mol. The van der Waals surface area contributed by atoms with E-state index < -0.39 is 0 Å². The highest BCUT2D eigenvalue weighted by Gasteiger charge is 2.18. The molecule has 1 aliphatic rings. The Morgan fingerprint density at radius 3 is 2.95 bits per heavy atom. The van der Waals surface area contributed by atoms with Crippen molar-refractivity contribution in [3.05, 3.63) is 35.0 Å². The van der Waals surface area contributed by atoms with Crippen molar-refractivity contribution in [3.8, 4) is 0 Å². The molecule has 1 aromatic carbocycles. The molecule has 0 spiro atoms. The minimum Gasteiger partial charge on any atom is -0.370 e. The van der Waals surface area contributed by atoms with E-state index in [2.05, 4.69) is 10.3 Å². The summed E-state index contributed by atoms with van der Waals surface area (Å²) in [7, 11) is 3.50. The lowest BCUT2D eigenvalue weighted by Gasteiger charge is -2.08. The van der Waals surface area contributed by atoms with Gasteiger partial charge in [0.05, 0.1) is 18.7 Å². The Morgan fingerprint density at radius 1 is 1.48 bits per heavy atom. The zero-order chi connectivity index (χ0) is 15.0. The lowest BCUT2D eigenvalue weighted by molar-refractivity contribution is 0.0829. The summed E-state index contributed by atoms with van der Waals surface area (Å²) in [5.74, 6) is 0.924. The third-order valence-electron chi connectivity index (χ3n) is 3.54. The Kier molecular flexibility index (Phi) is 3.59. The van der Waals surface area contributed by atoms with Crippen LogP contribution < -0.4 is 5.32 Å². The number of halogens is 1. The van der Waals surface area contributed by atoms with Crippen molar-refractivity contribution < 1.29 is 4.79 Å². The molecule has 2 aromatic rings. The number of fused-ring (bicyclic) bond motifs is 1. The fourth-order valence-corrected chi connectivity index (χ4v) is 2.70. The number of nitrogens with one attached hydrogen (secondary N) is 1. The number of benzene rings is 1. The first-order valence-electron chi connectivity index (χ1n) is 6.83. The van der Waals surface area contributed by atoms with E-state index in [0.29, 0.717) is 17.1 Å². The second-order valence-corrected chi connectivity index (χ2v) is 5.72. The number of hydrogen-bond acceptors (Lipinski definition) is 3. The maximum absolute atomic E-state index is 12.3. The van der Waals surface area contributed by atoms with E-state index in [0.717, 1.165) is 29.8 Å². The van der Waals surface area contributed by atoms with E-state index in [-0.39, 0.29) is 5.91 Å². The van der Waals surface area contributed by atoms with Gasteiger partial charge in [-0.1, -0.05) is 11.6 Å². The van der Waals surface area contributed by atoms with Crippen molar-refractivity contribution in [3.63, 3.8) is 0 Å². The Morgan fingerprint density at radius 2 is 2.29 bits per heavy atom. The molecule has 1 aromatic heterocycles. The molecule has 1 aliphatic heterocycles. The standard InChI is InChI=1S/C15H17ClN4O/c1-19(2)15(21)12-8-20(9-14-17-5-6-18-14)13-4-3-10(16)7-11(12)13/h3-4,7-8H,5-6,9H2,1-2H3,(H,17,18). The van der Waals surface area contributed by atoms with Crippen LogP contribution in [-0.4, -0.2) is 48.4 Å². The normalized spacial score (nSPS) is 14.1. The van der Waals surface area contributed by atoms with Gasteiger partial charge in [-0.15, -0.1) is 0 Å². The largest absolute Gasteiger partial charge is 0.370 e. The van der Waals surface area contributed by atoms with Crippen molar-refractivity contribution in [1.29, 1.82) is 0 Å². The molecule has 110 valence electrons. The molecule has 5 nitrogen and oxygen atoms in total. The Balaban J connectivity index is 2.10. The number of aromatic nitrogens is 1. The van der Waals surface area contributed by atoms with E-state index in [1.165, 1.54) is 0 Å². The molecule has 0 fully saturated rings. The summed E-state index contributed by atoms with van der Waals surface area (Å²) >= 11 is 6.08. The SMILES string of the molecule is CN(C)C(=O)c1cn(CC2=NCCN2)c2ccc(Cl)cc12. The molecule has 0 bridgehead atoms. The lowest BCUT2D eigenvalue weighted by atomic mass is 10.1. The number of aliphatic imine (C=N–C) groups is 1. The van der Waals surface area contributed by atoms with Crippen molar-refractivity contribution in [2.75, 3.05) is 27.2 Å². The number of amidine groups is 1. The molecule has 0 saturated carbocycles. The number of carbonyl (C=O) groups excluding carboxylic acids is 1. The maximum atomic E-state index is 12.3. The van der Waals surface area contributed by atoms with E-state index in [1.807, 2.05) is 29.0 Å². The number of nitrogens with zero attached hydrogens (tertiary/aromatic N) is 3. The highest BCUT2D eigenvalue weighted by Crippen LogP contribution is 2.26. The number of carbonyl (C=O) groups is 1. The average molecular weight is 305 g/mol. The van der Waals surface area contributed by atoms with Crippen LogP contribution in [0.5, 0.6) is 0 Å². The van der Waals surface area contributed by atoms with Crippen LogP contribution >= 0.6 is 11.6 Å². The predicted molar refractivity (Wildman–Crippen MR) is 85.3 cm³/mol. The minimum atomic E-state index is -0.0256. The molecule has 6 heteroatoms. The van der Waals surface area contributed by atoms with Gasteiger partial charge >= 0.3 is 0 Å². The predicted octanol–water partition coefficient (Wildman–Crippen LogP) is 2.00. The van der Waals surface area contributed by atoms with Crippen LogP contribution in [0.3, 0.4) is 0 Å². The van der Waals surface area contributed by atoms with Crippen molar-refractivity contribution in [2.24, 2.45) is 4.99 Å². The maximum Gasteiger partial charge on any atom is 0.255 e. The van der Waals surface area contributed by atoms with Gasteiger partial charge in [0.2, 0.25) is 0 Å². The zero-order valence-corrected chi connectivity index (χ0v) is 12.8. The van der Waals surface area contributed by atoms with Crippen LogP contribution in [0.2, 0.25) is 5.02 Å². The summed E-state index contributed by atoms with van der Waals surface area (Å²) in [5.41, 5.74) is 1.65. The second-order valence-electron chi connectivity index (χ2n) is 5.29. The smallest absolute Gasteiger partial charge is 0.255 e. The quantitative estimate of drug-likeness (QED) is 0.943. The summed E-state index contributed by atoms with van der Waals surface area (Å²) < 4.78 is 2.04. The summed E-state index contributed by atoms with van der Waals surface area (Å²) in [6.07, 6.45) is 1.88. The third-order valence-corrected chi connectivity index (χ3v) is 3.78. The van der Waals surface area contributed by atoms with Gasteiger partial charge < -0.3 is 14.8 Å². The van der Waals surface area contributed by atoms with Crippen LogP contribution in [0, 0.1) is 0 Å². The first-order chi connectivity index (χ1) is 10.1. The van der Waals surface area contributed by atoms with Gasteiger partial charge in [-0.3, -0.25) is 9.79 Å². The number of rotatable bonds is 3. The van der Waals surface area contributed by atoms with Crippen molar-refractivity contribution in [1.82, 2.24) is 14.8 Å². The summed E-state index contributed by atoms with van der Waals surface area (Å²) in [6, 6.07) is 5.63. The van der Waals surface area contributed by atoms with Gasteiger partial charge in [0.25, 0.3) is 5.91 Å². The van der Waals surface area contributed by atoms with Gasteiger partial charge in [-0.2, -0.15) is 0 Å². The van der Waals surface area contributed by atoms with Gasteiger partial charge in [-0.25, -0.2) is 0 Å². The topological polar surface area (TPSA) is 49.6 Å². The first kappa shape index (κ1) is 13.9. The molecule has 3 rings (SSSR count). The molecule has 0 aliphatic carbocycles. The second kappa shape index (κ2) is 5.41. The molecule has 0 saturated heterocycles. The molecule has 2 heterocycles. The minimum absolute atomic E-state index is 0.0256. The van der Waals surface area contributed by atoms with Crippen LogP contribution in [0.4, 0.5) is 0 Å². The third kappa shape index (κ3) is 2.61. The van der Waals surface area contributed by atoms with Gasteiger partial charge in [-0.05, 0) is 18.2 Å². The highest BCUT2D eigenvalue weighted by atomic mass is 35.5. The number of amides is 1. The summed E-state index contributed by atoms with van der Waals surface area (Å²) in [5, 5.41) is 4.75. The van der Waals surface area contributed by atoms with Gasteiger partial charge in [0.1, 0.15) is 5.84 Å². The van der Waals surface area contributed by atoms with Crippen LogP contribution in [-0.2, 0) is 6.54 Å². The molecule has 0 atom stereocenters. The molecule has 0 radical (unpaired) electrons. The van der Waals surface area contributed by atoms with E-state index in [1.54, 1.807) is 19.0 Å². The van der Waals surface area contributed by atoms with Crippen LogP contribution in [0.15, 0.2) is 29.4 Å². The van der Waals surface area contributed by atoms with Gasteiger partial charge in [0, 0.05) is 42.8 Å². The van der Waals surface area contributed by atoms with Gasteiger partial charge in [0.15, 0.2) is 0 Å². The first-order valence-corrected chi connectivity index (χ1v) is 7.21. The summed E-state index contributed by atoms with van der Waals surface area (Å²) in [4.78, 5) is 18.3.